The number of anilines is 2. The normalized spacial score (nSPS) is 23.1. The second kappa shape index (κ2) is 16.5. The lowest BCUT2D eigenvalue weighted by Gasteiger charge is -2.36. The number of amides is 5. The molecule has 0 spiro atoms. The average Bonchev–Trinajstić information content (AvgIpc) is 3.14. The van der Waals surface area contributed by atoms with Gasteiger partial charge >= 0.3 is 6.03 Å². The zero-order valence-corrected chi connectivity index (χ0v) is 30.0. The number of hydrogen-bond donors (Lipinski definition) is 5. The molecule has 3 heterocycles. The van der Waals surface area contributed by atoms with Gasteiger partial charge in [-0.1, -0.05) is 36.4 Å². The highest BCUT2D eigenvalue weighted by atomic mass is 32.1. The van der Waals surface area contributed by atoms with Crippen molar-refractivity contribution in [1.82, 2.24) is 20.9 Å². The lowest BCUT2D eigenvalue weighted by atomic mass is 9.94. The molecule has 12 heteroatoms. The van der Waals surface area contributed by atoms with Crippen molar-refractivity contribution in [3.8, 4) is 5.75 Å². The Labute approximate surface area is 305 Å². The van der Waals surface area contributed by atoms with Gasteiger partial charge < -0.3 is 31.3 Å². The van der Waals surface area contributed by atoms with Gasteiger partial charge in [0, 0.05) is 37.6 Å². The van der Waals surface area contributed by atoms with Crippen molar-refractivity contribution in [2.45, 2.75) is 75.7 Å². The molecule has 0 aromatic heterocycles. The Bertz CT molecular complexity index is 1740. The predicted molar refractivity (Wildman–Crippen MR) is 201 cm³/mol. The fourth-order valence-corrected chi connectivity index (χ4v) is 7.59. The largest absolute Gasteiger partial charge is 0.494 e. The molecule has 3 aliphatic rings. The van der Waals surface area contributed by atoms with Crippen LogP contribution in [0.3, 0.4) is 0 Å². The lowest BCUT2D eigenvalue weighted by molar-refractivity contribution is -0.136. The molecule has 0 aliphatic carbocycles. The number of carbonyl (C=O) groups is 4. The van der Waals surface area contributed by atoms with Gasteiger partial charge in [0.05, 0.1) is 6.61 Å². The van der Waals surface area contributed by atoms with Gasteiger partial charge in [0.25, 0.3) is 0 Å². The number of nitrogens with two attached hydrogens (primary N) is 1. The van der Waals surface area contributed by atoms with E-state index < -0.39 is 29.3 Å². The van der Waals surface area contributed by atoms with E-state index in [1.54, 1.807) is 21.9 Å². The second-order valence-electron chi connectivity index (χ2n) is 13.8. The smallest absolute Gasteiger partial charge is 0.322 e. The summed E-state index contributed by atoms with van der Waals surface area (Å²) in [5.74, 6) is -0.434. The molecule has 1 fully saturated rings. The molecule has 5 amide bonds. The summed E-state index contributed by atoms with van der Waals surface area (Å²) in [6.45, 7) is 4.17. The molecule has 11 nitrogen and oxygen atoms in total. The minimum Gasteiger partial charge on any atom is -0.494 e. The van der Waals surface area contributed by atoms with E-state index >= 15 is 0 Å². The van der Waals surface area contributed by atoms with Crippen LogP contribution < -0.4 is 31.3 Å². The molecule has 270 valence electrons. The van der Waals surface area contributed by atoms with E-state index in [1.807, 2.05) is 61.5 Å². The van der Waals surface area contributed by atoms with Crippen LogP contribution in [0.5, 0.6) is 5.75 Å². The standard InChI is InChI=1S/C39H48N6O5S/c1-25-11-14-31-22-29(25)23-41-36(46)32(15-12-26-7-3-2-4-8-26)42-37(47)34(35(51)38(48)44-18-5-9-27(24-44)17-20-50-31)43-39(49)45-19-6-10-28-21-30(40)13-16-33(28)45/h2-4,7-8,11,13-14,16,21-22,27,32,34-35,51H,5-6,9-10,12,15,17-20,23-24,40H2,1H3,(H,41,46)(H,42,47)(H,43,49)/t27?,32-,34-,35?/m0/s1. The Hall–Kier alpha value is -4.71. The predicted octanol–water partition coefficient (Wildman–Crippen LogP) is 4.16. The van der Waals surface area contributed by atoms with Gasteiger partial charge in [0.1, 0.15) is 23.1 Å². The third-order valence-corrected chi connectivity index (χ3v) is 10.7. The summed E-state index contributed by atoms with van der Waals surface area (Å²) in [5, 5.41) is 7.58. The first-order chi connectivity index (χ1) is 24.7. The number of carbonyl (C=O) groups excluding carboxylic acids is 4. The maximum absolute atomic E-state index is 14.3. The molecule has 0 radical (unpaired) electrons. The number of benzene rings is 3. The van der Waals surface area contributed by atoms with Gasteiger partial charge in [-0.05, 0) is 110 Å². The van der Waals surface area contributed by atoms with Gasteiger partial charge in [0.15, 0.2) is 0 Å². The van der Waals surface area contributed by atoms with Crippen molar-refractivity contribution >= 4 is 47.8 Å². The van der Waals surface area contributed by atoms with Gasteiger partial charge in [-0.2, -0.15) is 12.6 Å². The van der Waals surface area contributed by atoms with Crippen LogP contribution in [0.2, 0.25) is 0 Å². The van der Waals surface area contributed by atoms with Crippen LogP contribution in [0, 0.1) is 12.8 Å². The van der Waals surface area contributed by atoms with Crippen LogP contribution in [0.25, 0.3) is 0 Å². The van der Waals surface area contributed by atoms with E-state index in [9.17, 15) is 19.2 Å². The van der Waals surface area contributed by atoms with E-state index in [0.717, 1.165) is 53.7 Å². The molecular weight excluding hydrogens is 665 g/mol. The zero-order valence-electron chi connectivity index (χ0n) is 29.1. The molecule has 3 aromatic carbocycles. The molecule has 3 aliphatic heterocycles. The van der Waals surface area contributed by atoms with Crippen molar-refractivity contribution in [2.75, 3.05) is 36.9 Å². The fourth-order valence-electron chi connectivity index (χ4n) is 7.22. The topological polar surface area (TPSA) is 146 Å². The molecule has 2 unspecified atom stereocenters. The summed E-state index contributed by atoms with van der Waals surface area (Å²) < 4.78 is 6.14. The molecule has 5 N–H and O–H groups in total. The average molecular weight is 713 g/mol. The number of urea groups is 1. The number of hydrogen-bond acceptors (Lipinski definition) is 7. The third-order valence-electron chi connectivity index (χ3n) is 10.2. The number of rotatable bonds is 4. The summed E-state index contributed by atoms with van der Waals surface area (Å²) in [6.07, 6.45) is 4.82. The van der Waals surface area contributed by atoms with Gasteiger partial charge in [-0.3, -0.25) is 19.3 Å². The quantitative estimate of drug-likeness (QED) is 0.203. The summed E-state index contributed by atoms with van der Waals surface area (Å²) in [6, 6.07) is 18.1. The summed E-state index contributed by atoms with van der Waals surface area (Å²) in [7, 11) is 0. The molecule has 4 bridgehead atoms. The van der Waals surface area contributed by atoms with Crippen molar-refractivity contribution in [1.29, 1.82) is 0 Å². The maximum Gasteiger partial charge on any atom is 0.322 e. The van der Waals surface area contributed by atoms with Crippen molar-refractivity contribution in [3.63, 3.8) is 0 Å². The lowest BCUT2D eigenvalue weighted by Crippen LogP contribution is -2.61. The van der Waals surface area contributed by atoms with Crippen LogP contribution in [-0.4, -0.2) is 72.2 Å². The molecule has 3 aromatic rings. The van der Waals surface area contributed by atoms with Gasteiger partial charge in [-0.25, -0.2) is 4.79 Å². The van der Waals surface area contributed by atoms with Crippen LogP contribution in [-0.2, 0) is 33.8 Å². The number of thiol groups is 1. The van der Waals surface area contributed by atoms with Crippen LogP contribution in [0.1, 0.15) is 54.4 Å². The maximum atomic E-state index is 14.3. The van der Waals surface area contributed by atoms with E-state index in [4.69, 9.17) is 23.1 Å². The Kier molecular flexibility index (Phi) is 11.7. The first-order valence-corrected chi connectivity index (χ1v) is 18.5. The Morgan fingerprint density at radius 2 is 1.80 bits per heavy atom. The van der Waals surface area contributed by atoms with Gasteiger partial charge in [-0.15, -0.1) is 0 Å². The number of nitrogens with one attached hydrogen (secondary N) is 3. The Morgan fingerprint density at radius 3 is 2.63 bits per heavy atom. The molecule has 6 rings (SSSR count). The monoisotopic (exact) mass is 712 g/mol. The van der Waals surface area contributed by atoms with E-state index in [0.29, 0.717) is 56.9 Å². The first-order valence-electron chi connectivity index (χ1n) is 17.9. The minimum absolute atomic E-state index is 0.216. The summed E-state index contributed by atoms with van der Waals surface area (Å²) in [5.41, 5.74) is 11.2. The number of nitrogen functional groups attached to an aromatic ring is 1. The molecule has 51 heavy (non-hydrogen) atoms. The highest BCUT2D eigenvalue weighted by Crippen LogP contribution is 2.29. The van der Waals surface area contributed by atoms with Crippen LogP contribution in [0.15, 0.2) is 66.7 Å². The number of ether oxygens (including phenoxy) is 1. The van der Waals surface area contributed by atoms with Gasteiger partial charge in [0.2, 0.25) is 17.7 Å². The molecular formula is C39H48N6O5S. The Balaban J connectivity index is 1.30. The number of nitrogens with zero attached hydrogens (tertiary/aromatic N) is 2. The van der Waals surface area contributed by atoms with Crippen molar-refractivity contribution in [3.05, 3.63) is 89.0 Å². The highest BCUT2D eigenvalue weighted by Gasteiger charge is 2.39. The second-order valence-corrected chi connectivity index (χ2v) is 14.4. The number of fused-ring (bicyclic) bond motifs is 5. The van der Waals surface area contributed by atoms with Crippen LogP contribution >= 0.6 is 12.6 Å². The summed E-state index contributed by atoms with van der Waals surface area (Å²) in [4.78, 5) is 59.6. The summed E-state index contributed by atoms with van der Waals surface area (Å²) >= 11 is 4.73. The molecule has 1 saturated heterocycles. The van der Waals surface area contributed by atoms with E-state index in [1.165, 1.54) is 0 Å². The highest BCUT2D eigenvalue weighted by molar-refractivity contribution is 7.82. The third kappa shape index (κ3) is 8.97. The molecule has 0 saturated carbocycles. The van der Waals surface area contributed by atoms with E-state index in [2.05, 4.69) is 16.0 Å². The minimum atomic E-state index is -1.36. The Morgan fingerprint density at radius 1 is 0.980 bits per heavy atom. The number of piperidine rings is 1. The number of aryl methyl sites for hydroxylation is 3. The van der Waals surface area contributed by atoms with Crippen molar-refractivity contribution < 1.29 is 23.9 Å². The fraction of sp³-hybridized carbons (Fsp3) is 0.436. The van der Waals surface area contributed by atoms with Crippen molar-refractivity contribution in [2.24, 2.45) is 5.92 Å². The molecule has 4 atom stereocenters. The zero-order chi connectivity index (χ0) is 35.9. The van der Waals surface area contributed by atoms with E-state index in [-0.39, 0.29) is 24.3 Å². The van der Waals surface area contributed by atoms with Crippen LogP contribution in [0.4, 0.5) is 16.2 Å². The first kappa shape index (κ1) is 36.1. The SMILES string of the molecule is Cc1ccc2cc1CNC(=O)[C@H](CCc1ccccc1)NC(=O)[C@@H](NC(=O)N1CCCc3cc(N)ccc31)C(S)C(=O)N1CCCC(CCO2)C1.